The molecule has 0 N–H and O–H groups in total. The molecule has 0 amide bonds. The van der Waals surface area contributed by atoms with Crippen molar-refractivity contribution in [2.45, 2.75) is 6.18 Å². The highest BCUT2D eigenvalue weighted by Gasteiger charge is 2.35. The first-order valence-corrected chi connectivity index (χ1v) is 7.95. The van der Waals surface area contributed by atoms with Gasteiger partial charge in [0.2, 0.25) is 0 Å². The van der Waals surface area contributed by atoms with Crippen LogP contribution in [0, 0.1) is 5.82 Å². The second-order valence-corrected chi connectivity index (χ2v) is 5.97. The Balaban J connectivity index is 2.20. The van der Waals surface area contributed by atoms with Crippen molar-refractivity contribution in [3.63, 3.8) is 0 Å². The maximum atomic E-state index is 14.4. The number of aromatic nitrogens is 3. The SMILES string of the molecule is Cn1c(C(F)(F)F)cc(=O)n(-c2cc(Oc3cccnc3)c(Cl)cc2F)c1=O. The minimum Gasteiger partial charge on any atom is -0.454 e. The highest BCUT2D eigenvalue weighted by molar-refractivity contribution is 6.32. The van der Waals surface area contributed by atoms with Gasteiger partial charge in [0.15, 0.2) is 0 Å². The number of alkyl halides is 3. The summed E-state index contributed by atoms with van der Waals surface area (Å²) < 4.78 is 59.2. The van der Waals surface area contributed by atoms with Crippen LogP contribution in [0.4, 0.5) is 17.6 Å². The molecular formula is C17H10ClF4N3O3. The molecule has 0 atom stereocenters. The molecular weight excluding hydrogens is 406 g/mol. The molecule has 3 rings (SSSR count). The standard InChI is InChI=1S/C17H10ClF4N3O3/c1-24-14(17(20,21)22)7-15(26)25(16(24)27)12-6-13(10(18)5-11(12)19)28-9-3-2-4-23-8-9/h2-8H,1H3. The van der Waals surface area contributed by atoms with Gasteiger partial charge in [0, 0.05) is 25.4 Å². The summed E-state index contributed by atoms with van der Waals surface area (Å²) >= 11 is 5.93. The first kappa shape index (κ1) is 19.6. The third-order valence-corrected chi connectivity index (χ3v) is 4.01. The second-order valence-electron chi connectivity index (χ2n) is 5.57. The fraction of sp³-hybridized carbons (Fsp3) is 0.118. The third kappa shape index (κ3) is 3.63. The van der Waals surface area contributed by atoms with Crippen molar-refractivity contribution in [3.8, 4) is 17.2 Å². The van der Waals surface area contributed by atoms with Gasteiger partial charge in [-0.05, 0) is 18.2 Å². The zero-order valence-electron chi connectivity index (χ0n) is 14.0. The number of ether oxygens (including phenoxy) is 1. The van der Waals surface area contributed by atoms with Gasteiger partial charge >= 0.3 is 11.9 Å². The Hall–Kier alpha value is -3.14. The number of benzene rings is 1. The largest absolute Gasteiger partial charge is 0.454 e. The lowest BCUT2D eigenvalue weighted by molar-refractivity contribution is -0.144. The van der Waals surface area contributed by atoms with Crippen molar-refractivity contribution in [2.24, 2.45) is 7.05 Å². The van der Waals surface area contributed by atoms with Crippen LogP contribution in [-0.4, -0.2) is 14.1 Å². The lowest BCUT2D eigenvalue weighted by atomic mass is 10.2. The summed E-state index contributed by atoms with van der Waals surface area (Å²) in [4.78, 5) is 28.3. The molecule has 0 saturated carbocycles. The molecule has 2 heterocycles. The van der Waals surface area contributed by atoms with Gasteiger partial charge in [-0.1, -0.05) is 11.6 Å². The van der Waals surface area contributed by atoms with Gasteiger partial charge in [0.25, 0.3) is 5.56 Å². The van der Waals surface area contributed by atoms with Crippen molar-refractivity contribution in [1.29, 1.82) is 0 Å². The predicted molar refractivity (Wildman–Crippen MR) is 91.6 cm³/mol. The number of pyridine rings is 1. The number of hydrogen-bond donors (Lipinski definition) is 0. The molecule has 0 unspecified atom stereocenters. The van der Waals surface area contributed by atoms with E-state index < -0.39 is 34.6 Å². The molecule has 11 heteroatoms. The van der Waals surface area contributed by atoms with E-state index in [1.54, 1.807) is 6.07 Å². The van der Waals surface area contributed by atoms with Gasteiger partial charge in [-0.2, -0.15) is 13.2 Å². The van der Waals surface area contributed by atoms with Crippen molar-refractivity contribution in [3.05, 3.63) is 80.1 Å². The molecule has 3 aromatic rings. The smallest absolute Gasteiger partial charge is 0.431 e. The van der Waals surface area contributed by atoms with Crippen molar-refractivity contribution >= 4 is 11.6 Å². The molecule has 0 saturated heterocycles. The summed E-state index contributed by atoms with van der Waals surface area (Å²) in [6.07, 6.45) is -2.11. The Bertz CT molecular complexity index is 1160. The maximum Gasteiger partial charge on any atom is 0.431 e. The zero-order chi connectivity index (χ0) is 20.6. The Kier molecular flexibility index (Phi) is 4.99. The van der Waals surface area contributed by atoms with Gasteiger partial charge in [0.05, 0.1) is 16.9 Å². The Morgan fingerprint density at radius 1 is 1.18 bits per heavy atom. The van der Waals surface area contributed by atoms with E-state index in [4.69, 9.17) is 16.3 Å². The van der Waals surface area contributed by atoms with Crippen molar-refractivity contribution in [1.82, 2.24) is 14.1 Å². The summed E-state index contributed by atoms with van der Waals surface area (Å²) in [6, 6.07) is 5.02. The summed E-state index contributed by atoms with van der Waals surface area (Å²) in [7, 11) is 0.821. The Morgan fingerprint density at radius 3 is 2.50 bits per heavy atom. The van der Waals surface area contributed by atoms with E-state index in [0.29, 0.717) is 0 Å². The molecule has 1 aromatic carbocycles. The summed E-state index contributed by atoms with van der Waals surface area (Å²) in [6.45, 7) is 0. The van der Waals surface area contributed by atoms with Gasteiger partial charge in [-0.3, -0.25) is 14.3 Å². The van der Waals surface area contributed by atoms with E-state index in [2.05, 4.69) is 4.98 Å². The van der Waals surface area contributed by atoms with Crippen LogP contribution in [0.15, 0.2) is 52.3 Å². The second kappa shape index (κ2) is 7.12. The Morgan fingerprint density at radius 2 is 1.89 bits per heavy atom. The first-order valence-electron chi connectivity index (χ1n) is 7.57. The van der Waals surface area contributed by atoms with Gasteiger partial charge < -0.3 is 4.74 Å². The van der Waals surface area contributed by atoms with E-state index in [9.17, 15) is 27.2 Å². The van der Waals surface area contributed by atoms with Crippen LogP contribution in [0.3, 0.4) is 0 Å². The first-order chi connectivity index (χ1) is 13.1. The average Bonchev–Trinajstić information content (AvgIpc) is 2.61. The molecule has 0 spiro atoms. The molecule has 28 heavy (non-hydrogen) atoms. The Labute approximate surface area is 159 Å². The van der Waals surface area contributed by atoms with Gasteiger partial charge in [-0.25, -0.2) is 13.8 Å². The molecule has 0 radical (unpaired) electrons. The topological polar surface area (TPSA) is 66.1 Å². The number of hydrogen-bond acceptors (Lipinski definition) is 4. The van der Waals surface area contributed by atoms with Crippen molar-refractivity contribution < 1.29 is 22.3 Å². The fourth-order valence-corrected chi connectivity index (χ4v) is 2.61. The summed E-state index contributed by atoms with van der Waals surface area (Å²) in [5.41, 5.74) is -4.81. The van der Waals surface area contributed by atoms with E-state index in [1.807, 2.05) is 0 Å². The number of halogens is 5. The highest BCUT2D eigenvalue weighted by atomic mass is 35.5. The molecule has 0 aliphatic heterocycles. The monoisotopic (exact) mass is 415 g/mol. The van der Waals surface area contributed by atoms with E-state index in [-0.39, 0.29) is 31.7 Å². The zero-order valence-corrected chi connectivity index (χ0v) is 14.8. The molecule has 2 aromatic heterocycles. The molecule has 146 valence electrons. The third-order valence-electron chi connectivity index (χ3n) is 3.72. The predicted octanol–water partition coefficient (Wildman–Crippen LogP) is 3.53. The average molecular weight is 416 g/mol. The summed E-state index contributed by atoms with van der Waals surface area (Å²) in [5.74, 6) is -0.989. The molecule has 0 aliphatic rings. The lowest BCUT2D eigenvalue weighted by Gasteiger charge is -2.15. The lowest BCUT2D eigenvalue weighted by Crippen LogP contribution is -2.41. The van der Waals surface area contributed by atoms with Crippen LogP contribution in [0.25, 0.3) is 5.69 Å². The number of nitrogens with zero attached hydrogens (tertiary/aromatic N) is 3. The van der Waals surface area contributed by atoms with Crippen LogP contribution in [0.1, 0.15) is 5.69 Å². The molecule has 0 aliphatic carbocycles. The van der Waals surface area contributed by atoms with Crippen LogP contribution in [-0.2, 0) is 13.2 Å². The van der Waals surface area contributed by atoms with Crippen LogP contribution in [0.5, 0.6) is 11.5 Å². The van der Waals surface area contributed by atoms with Crippen LogP contribution >= 0.6 is 11.6 Å². The minimum absolute atomic E-state index is 0.125. The van der Waals surface area contributed by atoms with E-state index in [0.717, 1.165) is 19.2 Å². The van der Waals surface area contributed by atoms with Crippen LogP contribution < -0.4 is 16.0 Å². The number of rotatable bonds is 3. The van der Waals surface area contributed by atoms with Gasteiger partial charge in [-0.15, -0.1) is 0 Å². The molecule has 0 fully saturated rings. The summed E-state index contributed by atoms with van der Waals surface area (Å²) in [5, 5.41) is -0.179. The fourth-order valence-electron chi connectivity index (χ4n) is 2.42. The van der Waals surface area contributed by atoms with E-state index >= 15 is 0 Å². The maximum absolute atomic E-state index is 14.4. The quantitative estimate of drug-likeness (QED) is 0.614. The van der Waals surface area contributed by atoms with Crippen LogP contribution in [0.2, 0.25) is 5.02 Å². The highest BCUT2D eigenvalue weighted by Crippen LogP contribution is 2.32. The van der Waals surface area contributed by atoms with Crippen molar-refractivity contribution in [2.75, 3.05) is 0 Å². The minimum atomic E-state index is -4.93. The van der Waals surface area contributed by atoms with Gasteiger partial charge in [0.1, 0.15) is 23.0 Å². The molecule has 0 bridgehead atoms. The molecule has 6 nitrogen and oxygen atoms in total. The van der Waals surface area contributed by atoms with E-state index in [1.165, 1.54) is 18.5 Å². The normalized spacial score (nSPS) is 11.5.